The normalized spacial score (nSPS) is 13.0. The highest BCUT2D eigenvalue weighted by molar-refractivity contribution is 6.20. The summed E-state index contributed by atoms with van der Waals surface area (Å²) in [5.74, 6) is -2.06. The molecule has 0 aliphatic carbocycles. The van der Waals surface area contributed by atoms with Gasteiger partial charge >= 0.3 is 0 Å². The molecule has 0 saturated carbocycles. The average molecular weight is 563 g/mol. The van der Waals surface area contributed by atoms with Gasteiger partial charge in [0.2, 0.25) is 0 Å². The van der Waals surface area contributed by atoms with Gasteiger partial charge in [0, 0.05) is 61.5 Å². The number of amides is 1. The standard InChI is InChI=1S/C30H32F2N6O3/c1-17(33)22(14-34-3)23-11-24-21(13-36-23)16-38(29-27(31)25(40-5)12-26(41-6)28(29)32)18(2)37(24)15-19-7-9-20(10-8-19)30(39)35-4/h7-14,33-34H,2,15-16H2,1,3-6H3,(H,35,39)/b22-14+,33-17?. The Morgan fingerprint density at radius 2 is 1.76 bits per heavy atom. The predicted molar refractivity (Wildman–Crippen MR) is 155 cm³/mol. The van der Waals surface area contributed by atoms with Crippen LogP contribution in [-0.2, 0) is 13.1 Å². The number of ether oxygens (including phenoxy) is 2. The lowest BCUT2D eigenvalue weighted by molar-refractivity contribution is 0.0963. The molecule has 2 aromatic carbocycles. The number of nitrogens with zero attached hydrogens (tertiary/aromatic N) is 3. The lowest BCUT2D eigenvalue weighted by Gasteiger charge is -2.41. The van der Waals surface area contributed by atoms with Gasteiger partial charge < -0.3 is 35.3 Å². The molecule has 1 aromatic heterocycles. The molecule has 0 unspecified atom stereocenters. The Balaban J connectivity index is 1.87. The van der Waals surface area contributed by atoms with Crippen LogP contribution in [0.25, 0.3) is 5.57 Å². The maximum Gasteiger partial charge on any atom is 0.251 e. The predicted octanol–water partition coefficient (Wildman–Crippen LogP) is 4.83. The van der Waals surface area contributed by atoms with Crippen molar-refractivity contribution in [2.75, 3.05) is 38.1 Å². The van der Waals surface area contributed by atoms with E-state index in [1.165, 1.54) is 19.1 Å². The quantitative estimate of drug-likeness (QED) is 0.321. The molecule has 0 fully saturated rings. The van der Waals surface area contributed by atoms with E-state index in [0.717, 1.165) is 11.6 Å². The number of allylic oxidation sites excluding steroid dienone is 1. The second-order valence-electron chi connectivity index (χ2n) is 9.29. The second kappa shape index (κ2) is 12.1. The first-order chi connectivity index (χ1) is 19.6. The number of carbonyl (C=O) groups excluding carboxylic acids is 1. The molecule has 0 saturated heterocycles. The van der Waals surface area contributed by atoms with Crippen molar-refractivity contribution >= 4 is 28.6 Å². The maximum absolute atomic E-state index is 15.6. The molecule has 11 heteroatoms. The lowest BCUT2D eigenvalue weighted by atomic mass is 10.0. The zero-order valence-corrected chi connectivity index (χ0v) is 23.6. The van der Waals surface area contributed by atoms with Crippen LogP contribution in [0.4, 0.5) is 20.2 Å². The van der Waals surface area contributed by atoms with Crippen LogP contribution in [0.1, 0.15) is 34.1 Å². The number of pyridine rings is 1. The summed E-state index contributed by atoms with van der Waals surface area (Å²) in [6, 6.07) is 10.0. The van der Waals surface area contributed by atoms with Gasteiger partial charge in [0.1, 0.15) is 11.5 Å². The number of hydrogen-bond donors (Lipinski definition) is 3. The smallest absolute Gasteiger partial charge is 0.251 e. The minimum atomic E-state index is -0.895. The molecule has 0 spiro atoms. The number of rotatable bonds is 9. The molecule has 0 radical (unpaired) electrons. The summed E-state index contributed by atoms with van der Waals surface area (Å²) in [7, 11) is 5.88. The van der Waals surface area contributed by atoms with Gasteiger partial charge in [-0.05, 0) is 30.7 Å². The molecule has 41 heavy (non-hydrogen) atoms. The van der Waals surface area contributed by atoms with Crippen molar-refractivity contribution in [1.29, 1.82) is 5.41 Å². The maximum atomic E-state index is 15.6. The van der Waals surface area contributed by atoms with E-state index in [1.807, 2.05) is 23.1 Å². The minimum Gasteiger partial charge on any atom is -0.493 e. The van der Waals surface area contributed by atoms with Gasteiger partial charge in [-0.15, -0.1) is 0 Å². The molecule has 2 heterocycles. The molecule has 3 N–H and O–H groups in total. The Kier molecular flexibility index (Phi) is 8.56. The summed E-state index contributed by atoms with van der Waals surface area (Å²) in [6.45, 7) is 6.22. The average Bonchev–Trinajstić information content (AvgIpc) is 2.97. The molecule has 1 aliphatic rings. The number of halogens is 2. The van der Waals surface area contributed by atoms with Crippen molar-refractivity contribution in [2.24, 2.45) is 0 Å². The van der Waals surface area contributed by atoms with Crippen LogP contribution >= 0.6 is 0 Å². The van der Waals surface area contributed by atoms with E-state index in [9.17, 15) is 4.79 Å². The summed E-state index contributed by atoms with van der Waals surface area (Å²) in [4.78, 5) is 19.8. The van der Waals surface area contributed by atoms with Crippen LogP contribution in [0.5, 0.6) is 11.5 Å². The third-order valence-electron chi connectivity index (χ3n) is 6.78. The largest absolute Gasteiger partial charge is 0.493 e. The molecule has 1 amide bonds. The Morgan fingerprint density at radius 3 is 2.29 bits per heavy atom. The Hall–Kier alpha value is -4.93. The fourth-order valence-corrected chi connectivity index (χ4v) is 4.64. The van der Waals surface area contributed by atoms with Gasteiger partial charge in [-0.1, -0.05) is 18.7 Å². The number of hydrogen-bond acceptors (Lipinski definition) is 8. The van der Waals surface area contributed by atoms with Gasteiger partial charge in [-0.25, -0.2) is 8.78 Å². The molecular weight excluding hydrogens is 530 g/mol. The van der Waals surface area contributed by atoms with Crippen LogP contribution in [0.3, 0.4) is 0 Å². The van der Waals surface area contributed by atoms with Crippen LogP contribution in [0.15, 0.2) is 61.2 Å². The van der Waals surface area contributed by atoms with E-state index >= 15 is 8.78 Å². The van der Waals surface area contributed by atoms with E-state index in [1.54, 1.807) is 45.5 Å². The SMILES string of the molecule is C=C1N(Cc2ccc(C(=O)NC)cc2)c2cc(/C(=C/NC)C(C)=N)ncc2CN1c1c(F)c(OC)cc(OC)c1F. The van der Waals surface area contributed by atoms with E-state index in [2.05, 4.69) is 22.2 Å². The molecule has 0 atom stereocenters. The summed E-state index contributed by atoms with van der Waals surface area (Å²) >= 11 is 0. The highest BCUT2D eigenvalue weighted by atomic mass is 19.1. The monoisotopic (exact) mass is 562 g/mol. The van der Waals surface area contributed by atoms with E-state index in [4.69, 9.17) is 14.9 Å². The number of aromatic nitrogens is 1. The minimum absolute atomic E-state index is 0.0619. The topological polar surface area (TPSA) is 103 Å². The first-order valence-corrected chi connectivity index (χ1v) is 12.7. The van der Waals surface area contributed by atoms with Crippen molar-refractivity contribution in [3.05, 3.63) is 95.2 Å². The van der Waals surface area contributed by atoms with Gasteiger partial charge in [0.15, 0.2) is 23.1 Å². The zero-order chi connectivity index (χ0) is 29.8. The number of nitrogens with one attached hydrogen (secondary N) is 3. The molecule has 214 valence electrons. The number of methoxy groups -OCH3 is 2. The summed E-state index contributed by atoms with van der Waals surface area (Å²) < 4.78 is 41.6. The Bertz CT molecular complexity index is 1510. The molecule has 0 bridgehead atoms. The highest BCUT2D eigenvalue weighted by Crippen LogP contribution is 2.43. The fraction of sp³-hybridized carbons (Fsp3) is 0.233. The van der Waals surface area contributed by atoms with E-state index in [-0.39, 0.29) is 36.2 Å². The van der Waals surface area contributed by atoms with Crippen molar-refractivity contribution in [1.82, 2.24) is 15.6 Å². The molecule has 4 rings (SSSR count). The van der Waals surface area contributed by atoms with Crippen LogP contribution in [0.2, 0.25) is 0 Å². The number of fused-ring (bicyclic) bond motifs is 1. The Morgan fingerprint density at radius 1 is 1.12 bits per heavy atom. The summed E-state index contributed by atoms with van der Waals surface area (Å²) in [5, 5.41) is 13.8. The highest BCUT2D eigenvalue weighted by Gasteiger charge is 2.33. The molecule has 3 aromatic rings. The van der Waals surface area contributed by atoms with Crippen LogP contribution in [-0.4, -0.2) is 44.9 Å². The van der Waals surface area contributed by atoms with Gasteiger partial charge in [0.05, 0.1) is 32.1 Å². The third kappa shape index (κ3) is 5.56. The third-order valence-corrected chi connectivity index (χ3v) is 6.78. The summed E-state index contributed by atoms with van der Waals surface area (Å²) in [6.07, 6.45) is 3.32. The van der Waals surface area contributed by atoms with Gasteiger partial charge in [-0.3, -0.25) is 9.78 Å². The second-order valence-corrected chi connectivity index (χ2v) is 9.29. The van der Waals surface area contributed by atoms with Gasteiger partial charge in [0.25, 0.3) is 5.91 Å². The van der Waals surface area contributed by atoms with E-state index < -0.39 is 11.6 Å². The molecule has 1 aliphatic heterocycles. The first-order valence-electron chi connectivity index (χ1n) is 12.7. The van der Waals surface area contributed by atoms with E-state index in [0.29, 0.717) is 39.6 Å². The Labute approximate surface area is 237 Å². The first kappa shape index (κ1) is 29.1. The number of carbonyl (C=O) groups is 1. The molecule has 9 nitrogen and oxygen atoms in total. The fourth-order valence-electron chi connectivity index (χ4n) is 4.64. The lowest BCUT2D eigenvalue weighted by Crippen LogP contribution is -2.40. The number of benzene rings is 2. The van der Waals surface area contributed by atoms with Crippen molar-refractivity contribution in [3.63, 3.8) is 0 Å². The van der Waals surface area contributed by atoms with Crippen molar-refractivity contribution < 1.29 is 23.0 Å². The zero-order valence-electron chi connectivity index (χ0n) is 23.6. The van der Waals surface area contributed by atoms with Gasteiger partial charge in [-0.2, -0.15) is 0 Å². The van der Waals surface area contributed by atoms with Crippen molar-refractivity contribution in [2.45, 2.75) is 20.0 Å². The van der Waals surface area contributed by atoms with Crippen LogP contribution < -0.4 is 29.9 Å². The van der Waals surface area contributed by atoms with Crippen molar-refractivity contribution in [3.8, 4) is 11.5 Å². The van der Waals surface area contributed by atoms with Crippen LogP contribution in [0, 0.1) is 17.0 Å². The number of anilines is 2. The summed E-state index contributed by atoms with van der Waals surface area (Å²) in [5.41, 5.74) is 3.79. The molecular formula is C30H32F2N6O3.